The smallest absolute Gasteiger partial charge is 0.0340 e. The molecule has 1 aromatic carbocycles. The van der Waals surface area contributed by atoms with Crippen molar-refractivity contribution < 1.29 is 0 Å². The molecule has 20 heavy (non-hydrogen) atoms. The first-order valence-corrected chi connectivity index (χ1v) is 8.28. The van der Waals surface area contributed by atoms with Gasteiger partial charge in [0, 0.05) is 18.3 Å². The zero-order valence-electron chi connectivity index (χ0n) is 13.1. The maximum atomic E-state index is 3.49. The number of nitrogens with one attached hydrogen (secondary N) is 1. The van der Waals surface area contributed by atoms with Crippen LogP contribution < -0.4 is 5.32 Å². The first-order chi connectivity index (χ1) is 9.79. The molecule has 0 amide bonds. The number of anilines is 1. The lowest BCUT2D eigenvalue weighted by Gasteiger charge is -2.34. The third kappa shape index (κ3) is 4.82. The molecule has 0 saturated heterocycles. The van der Waals surface area contributed by atoms with Crippen LogP contribution in [0.3, 0.4) is 0 Å². The molecule has 1 aliphatic carbocycles. The summed E-state index contributed by atoms with van der Waals surface area (Å²) in [5, 5.41) is 3.49. The maximum Gasteiger partial charge on any atom is 0.0340 e. The molecule has 2 heteroatoms. The molecule has 0 atom stereocenters. The molecular formula is C18H30N2. The minimum Gasteiger partial charge on any atom is -0.385 e. The van der Waals surface area contributed by atoms with Crippen LogP contribution in [0.5, 0.6) is 0 Å². The average Bonchev–Trinajstić information content (AvgIpc) is 2.52. The highest BCUT2D eigenvalue weighted by atomic mass is 15.1. The Morgan fingerprint density at radius 1 is 1.10 bits per heavy atom. The molecular weight excluding hydrogens is 244 g/mol. The highest BCUT2D eigenvalue weighted by Gasteiger charge is 2.22. The number of hydrogen-bond acceptors (Lipinski definition) is 2. The fourth-order valence-electron chi connectivity index (χ4n) is 3.29. The van der Waals surface area contributed by atoms with Crippen molar-refractivity contribution in [2.45, 2.75) is 51.5 Å². The van der Waals surface area contributed by atoms with Gasteiger partial charge in [-0.2, -0.15) is 0 Å². The fraction of sp³-hybridized carbons (Fsp3) is 0.667. The zero-order chi connectivity index (χ0) is 14.2. The first-order valence-electron chi connectivity index (χ1n) is 8.28. The molecule has 0 unspecified atom stereocenters. The van der Waals surface area contributed by atoms with E-state index in [0.29, 0.717) is 0 Å². The van der Waals surface area contributed by atoms with E-state index >= 15 is 0 Å². The van der Waals surface area contributed by atoms with Gasteiger partial charge < -0.3 is 10.2 Å². The van der Waals surface area contributed by atoms with E-state index in [1.54, 1.807) is 0 Å². The van der Waals surface area contributed by atoms with E-state index < -0.39 is 0 Å². The van der Waals surface area contributed by atoms with E-state index in [2.05, 4.69) is 54.5 Å². The topological polar surface area (TPSA) is 15.3 Å². The van der Waals surface area contributed by atoms with Crippen LogP contribution in [0.25, 0.3) is 0 Å². The molecule has 0 radical (unpaired) electrons. The van der Waals surface area contributed by atoms with E-state index in [4.69, 9.17) is 0 Å². The van der Waals surface area contributed by atoms with E-state index in [1.807, 2.05) is 0 Å². The predicted octanol–water partition coefficient (Wildman–Crippen LogP) is 4.39. The molecule has 1 aliphatic rings. The van der Waals surface area contributed by atoms with Gasteiger partial charge in [-0.15, -0.1) is 0 Å². The summed E-state index contributed by atoms with van der Waals surface area (Å²) in [6.45, 7) is 4.61. The van der Waals surface area contributed by atoms with Crippen LogP contribution in [0.4, 0.5) is 5.69 Å². The second kappa shape index (κ2) is 8.31. The molecule has 1 fully saturated rings. The summed E-state index contributed by atoms with van der Waals surface area (Å²) in [7, 11) is 2.31. The van der Waals surface area contributed by atoms with Gasteiger partial charge in [0.25, 0.3) is 0 Å². The summed E-state index contributed by atoms with van der Waals surface area (Å²) in [6, 6.07) is 11.3. The standard InChI is InChI=1S/C18H30N2/c1-3-16-10-12-18(13-11-16)20(2)15-7-14-19-17-8-5-4-6-9-17/h4-6,8-9,16,18-19H,3,7,10-15H2,1-2H3. The molecule has 1 saturated carbocycles. The van der Waals surface area contributed by atoms with Crippen LogP contribution in [0, 0.1) is 5.92 Å². The van der Waals surface area contributed by atoms with Gasteiger partial charge in [-0.3, -0.25) is 0 Å². The van der Waals surface area contributed by atoms with Crippen LogP contribution in [0.15, 0.2) is 30.3 Å². The Kier molecular flexibility index (Phi) is 6.38. The Balaban J connectivity index is 1.59. The molecule has 112 valence electrons. The van der Waals surface area contributed by atoms with Gasteiger partial charge in [0.2, 0.25) is 0 Å². The fourth-order valence-corrected chi connectivity index (χ4v) is 3.29. The van der Waals surface area contributed by atoms with Gasteiger partial charge >= 0.3 is 0 Å². The van der Waals surface area contributed by atoms with Gasteiger partial charge in [-0.25, -0.2) is 0 Å². The first kappa shape index (κ1) is 15.4. The lowest BCUT2D eigenvalue weighted by atomic mass is 9.84. The minimum atomic E-state index is 0.828. The maximum absolute atomic E-state index is 3.49. The van der Waals surface area contributed by atoms with Crippen molar-refractivity contribution in [2.75, 3.05) is 25.5 Å². The van der Waals surface area contributed by atoms with Gasteiger partial charge in [0.05, 0.1) is 0 Å². The summed E-state index contributed by atoms with van der Waals surface area (Å²) < 4.78 is 0. The van der Waals surface area contributed by atoms with E-state index in [9.17, 15) is 0 Å². The minimum absolute atomic E-state index is 0.828. The van der Waals surface area contributed by atoms with E-state index in [1.165, 1.54) is 50.8 Å². The second-order valence-electron chi connectivity index (χ2n) is 6.21. The van der Waals surface area contributed by atoms with Crippen LogP contribution in [0.1, 0.15) is 45.4 Å². The van der Waals surface area contributed by atoms with Crippen LogP contribution in [-0.2, 0) is 0 Å². The third-order valence-corrected chi connectivity index (χ3v) is 4.81. The summed E-state index contributed by atoms with van der Waals surface area (Å²) >= 11 is 0. The molecule has 0 spiro atoms. The third-order valence-electron chi connectivity index (χ3n) is 4.81. The second-order valence-corrected chi connectivity index (χ2v) is 6.21. The van der Waals surface area contributed by atoms with Crippen LogP contribution in [-0.4, -0.2) is 31.1 Å². The lowest BCUT2D eigenvalue weighted by molar-refractivity contribution is 0.163. The molecule has 0 aliphatic heterocycles. The average molecular weight is 274 g/mol. The lowest BCUT2D eigenvalue weighted by Crippen LogP contribution is -2.36. The quantitative estimate of drug-likeness (QED) is 0.742. The van der Waals surface area contributed by atoms with Gasteiger partial charge in [0.15, 0.2) is 0 Å². The van der Waals surface area contributed by atoms with Crippen LogP contribution >= 0.6 is 0 Å². The van der Waals surface area contributed by atoms with Crippen molar-refractivity contribution in [3.05, 3.63) is 30.3 Å². The largest absolute Gasteiger partial charge is 0.385 e. The Morgan fingerprint density at radius 2 is 1.80 bits per heavy atom. The Hall–Kier alpha value is -1.02. The number of para-hydroxylation sites is 1. The number of rotatable bonds is 7. The van der Waals surface area contributed by atoms with Gasteiger partial charge in [-0.05, 0) is 63.7 Å². The zero-order valence-corrected chi connectivity index (χ0v) is 13.1. The summed E-state index contributed by atoms with van der Waals surface area (Å²) in [5.74, 6) is 0.999. The molecule has 0 aromatic heterocycles. The Labute approximate surface area is 124 Å². The van der Waals surface area contributed by atoms with Gasteiger partial charge in [0.1, 0.15) is 0 Å². The Bertz CT molecular complexity index is 355. The highest BCUT2D eigenvalue weighted by Crippen LogP contribution is 2.28. The van der Waals surface area contributed by atoms with Crippen LogP contribution in [0.2, 0.25) is 0 Å². The predicted molar refractivity (Wildman–Crippen MR) is 88.2 cm³/mol. The molecule has 2 nitrogen and oxygen atoms in total. The number of hydrogen-bond donors (Lipinski definition) is 1. The van der Waals surface area contributed by atoms with Crippen molar-refractivity contribution in [3.63, 3.8) is 0 Å². The number of nitrogens with zero attached hydrogens (tertiary/aromatic N) is 1. The Morgan fingerprint density at radius 3 is 2.45 bits per heavy atom. The van der Waals surface area contributed by atoms with Crippen molar-refractivity contribution in [2.24, 2.45) is 5.92 Å². The van der Waals surface area contributed by atoms with Crippen molar-refractivity contribution in [1.29, 1.82) is 0 Å². The van der Waals surface area contributed by atoms with Crippen molar-refractivity contribution in [1.82, 2.24) is 4.90 Å². The number of benzene rings is 1. The van der Waals surface area contributed by atoms with Crippen molar-refractivity contribution >= 4 is 5.69 Å². The molecule has 0 heterocycles. The van der Waals surface area contributed by atoms with Gasteiger partial charge in [-0.1, -0.05) is 31.5 Å². The molecule has 1 N–H and O–H groups in total. The normalized spacial score (nSPS) is 22.9. The van der Waals surface area contributed by atoms with Crippen molar-refractivity contribution in [3.8, 4) is 0 Å². The molecule has 2 rings (SSSR count). The molecule has 1 aromatic rings. The van der Waals surface area contributed by atoms with E-state index in [0.717, 1.165) is 18.5 Å². The SMILES string of the molecule is CCC1CCC(N(C)CCCNc2ccccc2)CC1. The summed E-state index contributed by atoms with van der Waals surface area (Å²) in [4.78, 5) is 2.58. The summed E-state index contributed by atoms with van der Waals surface area (Å²) in [5.41, 5.74) is 1.23. The monoisotopic (exact) mass is 274 g/mol. The molecule has 0 bridgehead atoms. The summed E-state index contributed by atoms with van der Waals surface area (Å²) in [6.07, 6.45) is 8.28. The highest BCUT2D eigenvalue weighted by molar-refractivity contribution is 5.42. The van der Waals surface area contributed by atoms with E-state index in [-0.39, 0.29) is 0 Å².